The summed E-state index contributed by atoms with van der Waals surface area (Å²) >= 11 is 11.8. The Labute approximate surface area is 130 Å². The molecule has 11 heteroatoms. The Hall–Kier alpha value is -1.26. The van der Waals surface area contributed by atoms with Crippen LogP contribution in [-0.2, 0) is 16.6 Å². The van der Waals surface area contributed by atoms with Gasteiger partial charge in [-0.3, -0.25) is 0 Å². The van der Waals surface area contributed by atoms with Crippen LogP contribution in [0.15, 0.2) is 17.0 Å². The second-order valence-corrected chi connectivity index (χ2v) is 6.64. The van der Waals surface area contributed by atoms with E-state index in [1.54, 1.807) is 6.92 Å². The van der Waals surface area contributed by atoms with Gasteiger partial charge in [0, 0.05) is 5.02 Å². The summed E-state index contributed by atoms with van der Waals surface area (Å²) in [6, 6.07) is 1.77. The molecule has 114 valence electrons. The first kappa shape index (κ1) is 16.1. The van der Waals surface area contributed by atoms with Crippen LogP contribution in [0.2, 0.25) is 10.0 Å². The van der Waals surface area contributed by atoms with Gasteiger partial charge in [-0.2, -0.15) is 5.21 Å². The summed E-state index contributed by atoms with van der Waals surface area (Å²) in [6.07, 6.45) is 0. The third kappa shape index (κ3) is 3.50. The van der Waals surface area contributed by atoms with E-state index >= 15 is 0 Å². The molecule has 0 amide bonds. The zero-order valence-corrected chi connectivity index (χ0v) is 13.0. The largest absolute Gasteiger partial charge is 0.392 e. The van der Waals surface area contributed by atoms with Crippen molar-refractivity contribution in [2.24, 2.45) is 0 Å². The molecule has 2 aromatic rings. The minimum atomic E-state index is -3.94. The van der Waals surface area contributed by atoms with Crippen molar-refractivity contribution in [1.29, 1.82) is 0 Å². The predicted octanol–water partition coefficient (Wildman–Crippen LogP) is 1.04. The molecule has 0 saturated heterocycles. The van der Waals surface area contributed by atoms with Crippen molar-refractivity contribution in [3.8, 4) is 0 Å². The summed E-state index contributed by atoms with van der Waals surface area (Å²) in [5.74, 6) is 0.186. The molecule has 1 aromatic carbocycles. The lowest BCUT2D eigenvalue weighted by atomic mass is 10.2. The number of nitrogens with zero attached hydrogens (tertiary/aromatic N) is 3. The van der Waals surface area contributed by atoms with Crippen LogP contribution in [-0.4, -0.2) is 34.1 Å². The monoisotopic (exact) mass is 351 g/mol. The summed E-state index contributed by atoms with van der Waals surface area (Å²) in [6.45, 7) is 1.15. The van der Waals surface area contributed by atoms with E-state index in [1.165, 1.54) is 12.1 Å². The number of aromatic nitrogens is 4. The average molecular weight is 352 g/mol. The first-order chi connectivity index (χ1) is 9.85. The van der Waals surface area contributed by atoms with E-state index in [1.807, 2.05) is 0 Å². The van der Waals surface area contributed by atoms with Crippen molar-refractivity contribution in [3.05, 3.63) is 33.6 Å². The van der Waals surface area contributed by atoms with E-state index in [4.69, 9.17) is 28.3 Å². The second kappa shape index (κ2) is 6.24. The van der Waals surface area contributed by atoms with Gasteiger partial charge in [0.1, 0.15) is 4.90 Å². The van der Waals surface area contributed by atoms with Crippen LogP contribution in [0.4, 0.5) is 0 Å². The van der Waals surface area contributed by atoms with Crippen molar-refractivity contribution in [3.63, 3.8) is 0 Å². The molecule has 1 aromatic heterocycles. The van der Waals surface area contributed by atoms with E-state index < -0.39 is 22.7 Å². The molecule has 0 radical (unpaired) electrons. The maximum Gasteiger partial charge on any atom is 0.242 e. The van der Waals surface area contributed by atoms with Gasteiger partial charge in [0.25, 0.3) is 0 Å². The van der Waals surface area contributed by atoms with Crippen LogP contribution < -0.4 is 4.72 Å². The van der Waals surface area contributed by atoms with Crippen molar-refractivity contribution < 1.29 is 13.5 Å². The summed E-state index contributed by atoms with van der Waals surface area (Å²) < 4.78 is 27.0. The van der Waals surface area contributed by atoms with Gasteiger partial charge in [0.15, 0.2) is 5.82 Å². The summed E-state index contributed by atoms with van der Waals surface area (Å²) in [5, 5.41) is 22.3. The lowest BCUT2D eigenvalue weighted by Gasteiger charge is -2.13. The van der Waals surface area contributed by atoms with E-state index in [-0.39, 0.29) is 26.3 Å². The van der Waals surface area contributed by atoms with E-state index in [2.05, 4.69) is 25.3 Å². The summed E-state index contributed by atoms with van der Waals surface area (Å²) in [5.41, 5.74) is 0.258. The molecular formula is C10H11Cl2N5O3S. The molecule has 0 aliphatic carbocycles. The zero-order valence-electron chi connectivity index (χ0n) is 10.7. The number of hydrogen-bond donors (Lipinski definition) is 3. The topological polar surface area (TPSA) is 121 Å². The van der Waals surface area contributed by atoms with Gasteiger partial charge < -0.3 is 5.11 Å². The lowest BCUT2D eigenvalue weighted by Crippen LogP contribution is -2.28. The molecule has 1 heterocycles. The Balaban J connectivity index is 2.36. The number of hydrogen-bond acceptors (Lipinski definition) is 6. The predicted molar refractivity (Wildman–Crippen MR) is 75.3 cm³/mol. The van der Waals surface area contributed by atoms with Gasteiger partial charge in [0.05, 0.1) is 17.7 Å². The van der Waals surface area contributed by atoms with E-state index in [0.717, 1.165) is 0 Å². The van der Waals surface area contributed by atoms with Crippen LogP contribution in [0, 0.1) is 0 Å². The SMILES string of the molecule is CC(NS(=O)(=O)c1cc(CO)c(Cl)cc1Cl)c1nn[nH]n1. The molecule has 0 aliphatic heterocycles. The number of rotatable bonds is 5. The molecule has 0 aliphatic rings. The minimum Gasteiger partial charge on any atom is -0.392 e. The van der Waals surface area contributed by atoms with Crippen LogP contribution >= 0.6 is 23.2 Å². The highest BCUT2D eigenvalue weighted by Crippen LogP contribution is 2.29. The molecule has 8 nitrogen and oxygen atoms in total. The normalized spacial score (nSPS) is 13.3. The van der Waals surface area contributed by atoms with Crippen LogP contribution in [0.1, 0.15) is 24.4 Å². The van der Waals surface area contributed by atoms with Gasteiger partial charge in [-0.1, -0.05) is 28.4 Å². The third-order valence-corrected chi connectivity index (χ3v) is 5.00. The zero-order chi connectivity index (χ0) is 15.6. The highest BCUT2D eigenvalue weighted by molar-refractivity contribution is 7.89. The van der Waals surface area contributed by atoms with Gasteiger partial charge in [-0.25, -0.2) is 13.1 Å². The highest BCUT2D eigenvalue weighted by Gasteiger charge is 2.24. The molecule has 1 atom stereocenters. The molecular weight excluding hydrogens is 341 g/mol. The smallest absolute Gasteiger partial charge is 0.242 e. The van der Waals surface area contributed by atoms with Crippen molar-refractivity contribution in [2.45, 2.75) is 24.5 Å². The Morgan fingerprint density at radius 3 is 2.67 bits per heavy atom. The average Bonchev–Trinajstić information content (AvgIpc) is 2.91. The van der Waals surface area contributed by atoms with E-state index in [9.17, 15) is 8.42 Å². The summed E-state index contributed by atoms with van der Waals surface area (Å²) in [7, 11) is -3.94. The Kier molecular flexibility index (Phi) is 4.79. The number of aliphatic hydroxyl groups excluding tert-OH is 1. The number of halogens is 2. The fraction of sp³-hybridized carbons (Fsp3) is 0.300. The molecule has 0 fully saturated rings. The quantitative estimate of drug-likeness (QED) is 0.739. The Morgan fingerprint density at radius 2 is 2.10 bits per heavy atom. The van der Waals surface area contributed by atoms with Gasteiger partial charge in [-0.15, -0.1) is 10.2 Å². The molecule has 3 N–H and O–H groups in total. The molecule has 21 heavy (non-hydrogen) atoms. The number of aliphatic hydroxyl groups is 1. The number of nitrogens with one attached hydrogen (secondary N) is 2. The molecule has 0 bridgehead atoms. The van der Waals surface area contributed by atoms with Crippen LogP contribution in [0.5, 0.6) is 0 Å². The van der Waals surface area contributed by atoms with E-state index in [0.29, 0.717) is 0 Å². The first-order valence-electron chi connectivity index (χ1n) is 5.69. The summed E-state index contributed by atoms with van der Waals surface area (Å²) in [4.78, 5) is -0.187. The van der Waals surface area contributed by atoms with Gasteiger partial charge in [-0.05, 0) is 24.6 Å². The Morgan fingerprint density at radius 1 is 1.38 bits per heavy atom. The fourth-order valence-corrected chi connectivity index (χ4v) is 3.66. The lowest BCUT2D eigenvalue weighted by molar-refractivity contribution is 0.281. The highest BCUT2D eigenvalue weighted by atomic mass is 35.5. The molecule has 2 rings (SSSR count). The van der Waals surface area contributed by atoms with Gasteiger partial charge in [0.2, 0.25) is 10.0 Å². The second-order valence-electron chi connectivity index (χ2n) is 4.15. The van der Waals surface area contributed by atoms with Crippen LogP contribution in [0.25, 0.3) is 0 Å². The first-order valence-corrected chi connectivity index (χ1v) is 7.93. The molecule has 0 saturated carbocycles. The van der Waals surface area contributed by atoms with Crippen LogP contribution in [0.3, 0.4) is 0 Å². The third-order valence-electron chi connectivity index (χ3n) is 2.64. The van der Waals surface area contributed by atoms with Crippen molar-refractivity contribution >= 4 is 33.2 Å². The standard InChI is InChI=1S/C10H11Cl2N5O3S/c1-5(10-13-16-17-14-10)15-21(19,20)9-2-6(4-18)7(11)3-8(9)12/h2-3,5,15,18H,4H2,1H3,(H,13,14,16,17). The maximum atomic E-state index is 12.3. The maximum absolute atomic E-state index is 12.3. The van der Waals surface area contributed by atoms with Gasteiger partial charge >= 0.3 is 0 Å². The number of aromatic amines is 1. The van der Waals surface area contributed by atoms with Crippen molar-refractivity contribution in [1.82, 2.24) is 25.3 Å². The fourth-order valence-electron chi connectivity index (χ4n) is 1.60. The number of sulfonamides is 1. The number of tetrazole rings is 1. The number of benzene rings is 1. The molecule has 1 unspecified atom stereocenters. The Bertz CT molecular complexity index is 735. The van der Waals surface area contributed by atoms with Crippen molar-refractivity contribution in [2.75, 3.05) is 0 Å². The minimum absolute atomic E-state index is 0.0509. The molecule has 0 spiro atoms. The number of H-pyrrole nitrogens is 1.